The fourth-order valence-corrected chi connectivity index (χ4v) is 12.0. The average molecular weight is 1580 g/mol. The number of benzene rings is 16. The van der Waals surface area contributed by atoms with E-state index in [2.05, 4.69) is 182 Å². The number of aromatic carboxylic acids is 12. The second-order valence-corrected chi connectivity index (χ2v) is 23.7. The summed E-state index contributed by atoms with van der Waals surface area (Å²) in [5, 5.41) is 156. The number of aliphatic hydroxyl groups excluding tert-OH is 4. The predicted molar refractivity (Wildman–Crippen MR) is 432 cm³/mol. The molecule has 0 spiro atoms. The van der Waals surface area contributed by atoms with E-state index in [-0.39, 0.29) is 66.8 Å². The molecule has 0 aliphatic carbocycles. The van der Waals surface area contributed by atoms with E-state index in [9.17, 15) is 57.5 Å². The Labute approximate surface area is 654 Å². The minimum absolute atomic E-state index is 0.368. The van der Waals surface area contributed by atoms with Crippen LogP contribution in [-0.4, -0.2) is 182 Å². The van der Waals surface area contributed by atoms with E-state index in [1.54, 1.807) is 0 Å². The summed E-state index contributed by atoms with van der Waals surface area (Å²) < 4.78 is 0. The molecule has 28 nitrogen and oxygen atoms in total. The molecule has 16 N–H and O–H groups in total. The second kappa shape index (κ2) is 41.2. The fourth-order valence-electron chi connectivity index (χ4n) is 12.0. The van der Waals surface area contributed by atoms with Gasteiger partial charge in [0.25, 0.3) is 0 Å². The Kier molecular flexibility index (Phi) is 31.6. The van der Waals surface area contributed by atoms with E-state index in [1.165, 1.54) is 97.0 Å². The maximum Gasteiger partial charge on any atom is 0.335 e. The van der Waals surface area contributed by atoms with E-state index >= 15 is 0 Å². The maximum absolute atomic E-state index is 10.6. The highest BCUT2D eigenvalue weighted by atomic mass is 16.4. The number of rotatable bonds is 12. The van der Waals surface area contributed by atoms with Crippen molar-refractivity contribution in [3.8, 4) is 0 Å². The van der Waals surface area contributed by atoms with Crippen molar-refractivity contribution in [2.24, 2.45) is 0 Å². The number of hydrogen-bond acceptors (Lipinski definition) is 16. The van der Waals surface area contributed by atoms with Crippen LogP contribution in [0, 0.1) is 0 Å². The summed E-state index contributed by atoms with van der Waals surface area (Å²) in [4.78, 5) is 127. The molecular weight excluding hydrogens is 1500 g/mol. The monoisotopic (exact) mass is 1570 g/mol. The lowest BCUT2D eigenvalue weighted by atomic mass is 9.95. The van der Waals surface area contributed by atoms with Crippen LogP contribution in [-0.2, 0) is 0 Å². The highest BCUT2D eigenvalue weighted by Gasteiger charge is 2.19. The predicted octanol–water partition coefficient (Wildman–Crippen LogP) is 15.3. The molecule has 0 heterocycles. The number of carboxylic acids is 12. The van der Waals surface area contributed by atoms with E-state index < -0.39 is 71.6 Å². The van der Waals surface area contributed by atoms with Crippen LogP contribution in [0.4, 0.5) is 0 Å². The number of aliphatic hydroxyl groups is 4. The van der Waals surface area contributed by atoms with Crippen molar-refractivity contribution in [3.05, 3.63) is 322 Å². The van der Waals surface area contributed by atoms with Crippen molar-refractivity contribution >= 4 is 169 Å². The van der Waals surface area contributed by atoms with Crippen molar-refractivity contribution < 1.29 is 139 Å². The molecule has 28 heteroatoms. The molecule has 0 saturated heterocycles. The van der Waals surface area contributed by atoms with Gasteiger partial charge >= 0.3 is 71.6 Å². The van der Waals surface area contributed by atoms with Crippen molar-refractivity contribution in [2.45, 2.75) is 0 Å². The summed E-state index contributed by atoms with van der Waals surface area (Å²) in [6.45, 7) is 0. The van der Waals surface area contributed by atoms with Gasteiger partial charge in [-0.25, -0.2) is 57.5 Å². The Morgan fingerprint density at radius 2 is 0.207 bits per heavy atom. The van der Waals surface area contributed by atoms with E-state index in [0.29, 0.717) is 0 Å². The highest BCUT2D eigenvalue weighted by molar-refractivity contribution is 6.25. The maximum atomic E-state index is 10.6. The van der Waals surface area contributed by atoms with Gasteiger partial charge in [-0.1, -0.05) is 182 Å². The zero-order valence-corrected chi connectivity index (χ0v) is 61.3. The van der Waals surface area contributed by atoms with Crippen molar-refractivity contribution in [3.63, 3.8) is 0 Å². The van der Waals surface area contributed by atoms with Gasteiger partial charge in [0.05, 0.1) is 66.8 Å². The summed E-state index contributed by atoms with van der Waals surface area (Å²) in [5.41, 5.74) is -4.42. The van der Waals surface area contributed by atoms with Gasteiger partial charge in [0.2, 0.25) is 0 Å². The first-order valence-electron chi connectivity index (χ1n) is 33.5. The van der Waals surface area contributed by atoms with Crippen molar-refractivity contribution in [1.29, 1.82) is 0 Å². The Hall–Kier alpha value is -15.9. The second-order valence-electron chi connectivity index (χ2n) is 23.7. The summed E-state index contributed by atoms with van der Waals surface area (Å²) in [6.07, 6.45) is 0. The molecule has 116 heavy (non-hydrogen) atoms. The first-order valence-corrected chi connectivity index (χ1v) is 33.5. The lowest BCUT2D eigenvalue weighted by Gasteiger charge is -2.09. The minimum atomic E-state index is -1.37. The van der Waals surface area contributed by atoms with Crippen molar-refractivity contribution in [2.75, 3.05) is 28.4 Å². The molecule has 0 saturated carbocycles. The summed E-state index contributed by atoms with van der Waals surface area (Å²) in [6, 6.07) is 76.4. The molecule has 590 valence electrons. The van der Waals surface area contributed by atoms with Gasteiger partial charge in [0.15, 0.2) is 0 Å². The minimum Gasteiger partial charge on any atom is -0.478 e. The van der Waals surface area contributed by atoms with E-state index in [4.69, 9.17) is 81.7 Å². The fraction of sp³-hybridized carbons (Fsp3) is 0.0455. The molecule has 0 radical (unpaired) electrons. The summed E-state index contributed by atoms with van der Waals surface area (Å²) in [7, 11) is 4.00. The van der Waals surface area contributed by atoms with Gasteiger partial charge < -0.3 is 81.7 Å². The Morgan fingerprint density at radius 3 is 0.267 bits per heavy atom. The number of carboxylic acid groups (broad SMARTS) is 12. The molecule has 0 atom stereocenters. The molecule has 0 unspecified atom stereocenters. The van der Waals surface area contributed by atoms with Gasteiger partial charge in [-0.2, -0.15) is 0 Å². The normalized spacial score (nSPS) is 10.0. The van der Waals surface area contributed by atoms with E-state index in [0.717, 1.165) is 101 Å². The molecular formula is C88H70O28. The van der Waals surface area contributed by atoms with Gasteiger partial charge in [0, 0.05) is 28.4 Å². The van der Waals surface area contributed by atoms with Crippen LogP contribution >= 0.6 is 0 Å². The highest BCUT2D eigenvalue weighted by Crippen LogP contribution is 2.37. The molecule has 0 fully saturated rings. The molecule has 0 aliphatic rings. The average Bonchev–Trinajstić information content (AvgIpc) is 0.760. The van der Waals surface area contributed by atoms with Gasteiger partial charge in [-0.15, -0.1) is 0 Å². The van der Waals surface area contributed by atoms with Crippen LogP contribution in [0.2, 0.25) is 0 Å². The van der Waals surface area contributed by atoms with Crippen LogP contribution in [0.3, 0.4) is 0 Å². The standard InChI is InChI=1S/3C16H10.4C9H6O6.4CH4O/c3*1-3-11-7-9-13-5-2-6-14-10-8-12(4-1)15(11)16(13)14;4*10-7(11)4-1-5(8(12)13)3-6(2-4)9(14)15;4*1-2/h3*1-10H;4*1-3H,(H,10,11)(H,12,13)(H,14,15);4*2H,1H3. The largest absolute Gasteiger partial charge is 0.478 e. The lowest BCUT2D eigenvalue weighted by molar-refractivity contribution is 0.0666. The van der Waals surface area contributed by atoms with Gasteiger partial charge in [0.1, 0.15) is 0 Å². The third kappa shape index (κ3) is 21.8. The Morgan fingerprint density at radius 1 is 0.138 bits per heavy atom. The Balaban J connectivity index is 0.000000207. The first kappa shape index (κ1) is 89.0. The van der Waals surface area contributed by atoms with E-state index in [1.807, 2.05) is 0 Å². The topological polar surface area (TPSA) is 529 Å². The molecule has 0 amide bonds. The number of carbonyl (C=O) groups is 12. The van der Waals surface area contributed by atoms with Crippen LogP contribution < -0.4 is 0 Å². The smallest absolute Gasteiger partial charge is 0.335 e. The summed E-state index contributed by atoms with van der Waals surface area (Å²) >= 11 is 0. The molecule has 0 bridgehead atoms. The first-order chi connectivity index (χ1) is 55.5. The summed E-state index contributed by atoms with van der Waals surface area (Å²) in [5.74, 6) is -16.5. The lowest BCUT2D eigenvalue weighted by Crippen LogP contribution is -2.07. The number of hydrogen-bond donors (Lipinski definition) is 16. The zero-order valence-electron chi connectivity index (χ0n) is 61.3. The quantitative estimate of drug-likeness (QED) is 0.0505. The van der Waals surface area contributed by atoms with Crippen LogP contribution in [0.5, 0.6) is 0 Å². The van der Waals surface area contributed by atoms with Gasteiger partial charge in [-0.05, 0) is 170 Å². The molecule has 0 aromatic heterocycles. The molecule has 16 rings (SSSR count). The third-order valence-corrected chi connectivity index (χ3v) is 16.9. The van der Waals surface area contributed by atoms with Gasteiger partial charge in [-0.3, -0.25) is 0 Å². The molecule has 16 aromatic carbocycles. The molecule has 16 aromatic rings. The third-order valence-electron chi connectivity index (χ3n) is 16.9. The van der Waals surface area contributed by atoms with Crippen molar-refractivity contribution in [1.82, 2.24) is 0 Å². The zero-order chi connectivity index (χ0) is 85.9. The van der Waals surface area contributed by atoms with Crippen LogP contribution in [0.1, 0.15) is 124 Å². The Bertz CT molecular complexity index is 4940. The van der Waals surface area contributed by atoms with Crippen LogP contribution in [0.15, 0.2) is 255 Å². The molecule has 0 aliphatic heterocycles. The van der Waals surface area contributed by atoms with Crippen LogP contribution in [0.25, 0.3) is 97.0 Å². The SMILES string of the molecule is CO.CO.CO.CO.O=C(O)c1cc(C(=O)O)cc(C(=O)O)c1.O=C(O)c1cc(C(=O)O)cc(C(=O)O)c1.O=C(O)c1cc(C(=O)O)cc(C(=O)O)c1.O=C(O)c1cc(C(=O)O)cc(C(=O)O)c1.c1cc2ccc3cccc4ccc(c1)c2c34.c1cc2ccc3cccc4ccc(c1)c2c34.c1cc2ccc3cccc4ccc(c1)c2c34.